The van der Waals surface area contributed by atoms with Crippen molar-refractivity contribution in [3.8, 4) is 6.07 Å². The van der Waals surface area contributed by atoms with Crippen molar-refractivity contribution >= 4 is 17.4 Å². The van der Waals surface area contributed by atoms with Crippen LogP contribution in [0.3, 0.4) is 0 Å². The Kier molecular flexibility index (Phi) is 5.97. The first-order chi connectivity index (χ1) is 13.6. The number of rotatable bonds is 6. The summed E-state index contributed by atoms with van der Waals surface area (Å²) in [5, 5.41) is 12.0. The number of amides is 1. The molecule has 1 aromatic heterocycles. The molecule has 6 nitrogen and oxygen atoms in total. The molecule has 6 heteroatoms. The third-order valence-electron chi connectivity index (χ3n) is 4.25. The molecule has 0 aliphatic carbocycles. The summed E-state index contributed by atoms with van der Waals surface area (Å²) < 4.78 is 0. The molecule has 0 saturated heterocycles. The summed E-state index contributed by atoms with van der Waals surface area (Å²) in [6.45, 7) is 4.48. The van der Waals surface area contributed by atoms with Gasteiger partial charge in [0, 0.05) is 24.3 Å². The van der Waals surface area contributed by atoms with E-state index in [0.717, 1.165) is 11.3 Å². The fraction of sp³-hybridized carbons (Fsp3) is 0.182. The largest absolute Gasteiger partial charge is 0.340 e. The monoisotopic (exact) mass is 371 g/mol. The van der Waals surface area contributed by atoms with Crippen LogP contribution in [0.5, 0.6) is 0 Å². The quantitative estimate of drug-likeness (QED) is 0.704. The number of anilines is 2. The molecule has 3 aromatic rings. The second-order valence-electron chi connectivity index (χ2n) is 6.62. The van der Waals surface area contributed by atoms with Crippen LogP contribution in [0.25, 0.3) is 0 Å². The summed E-state index contributed by atoms with van der Waals surface area (Å²) in [5.74, 6) is 0.371. The Bertz CT molecular complexity index is 978. The molecule has 0 atom stereocenters. The average Bonchev–Trinajstić information content (AvgIpc) is 2.73. The summed E-state index contributed by atoms with van der Waals surface area (Å²) in [6.07, 6.45) is 1.38. The molecule has 28 heavy (non-hydrogen) atoms. The van der Waals surface area contributed by atoms with Gasteiger partial charge < -0.3 is 10.2 Å². The van der Waals surface area contributed by atoms with Gasteiger partial charge in [0.25, 0.3) is 5.91 Å². The number of nitrogens with zero attached hydrogens (tertiary/aromatic N) is 4. The Hall–Kier alpha value is -3.72. The highest BCUT2D eigenvalue weighted by Crippen LogP contribution is 2.17. The number of benzene rings is 2. The molecule has 3 rings (SSSR count). The highest BCUT2D eigenvalue weighted by Gasteiger charge is 2.21. The fourth-order valence-electron chi connectivity index (χ4n) is 2.73. The SMILES string of the molecule is CC(C)N(Cc1ccccc1)C(=O)c1cc(Nc2ccc(C#N)cc2)ncn1. The maximum absolute atomic E-state index is 13.1. The molecule has 0 aliphatic heterocycles. The second kappa shape index (κ2) is 8.78. The Morgan fingerprint density at radius 1 is 1.11 bits per heavy atom. The van der Waals surface area contributed by atoms with E-state index in [9.17, 15) is 4.79 Å². The first-order valence-electron chi connectivity index (χ1n) is 9.01. The lowest BCUT2D eigenvalue weighted by Gasteiger charge is -2.26. The summed E-state index contributed by atoms with van der Waals surface area (Å²) in [7, 11) is 0. The van der Waals surface area contributed by atoms with Crippen molar-refractivity contribution in [2.24, 2.45) is 0 Å². The van der Waals surface area contributed by atoms with E-state index in [1.165, 1.54) is 6.33 Å². The van der Waals surface area contributed by atoms with Gasteiger partial charge in [0.15, 0.2) is 0 Å². The molecule has 140 valence electrons. The predicted molar refractivity (Wildman–Crippen MR) is 108 cm³/mol. The minimum Gasteiger partial charge on any atom is -0.340 e. The zero-order chi connectivity index (χ0) is 19.9. The van der Waals surface area contributed by atoms with Crippen molar-refractivity contribution in [3.05, 3.63) is 83.8 Å². The lowest BCUT2D eigenvalue weighted by atomic mass is 10.1. The summed E-state index contributed by atoms with van der Waals surface area (Å²) in [5.41, 5.74) is 2.75. The topological polar surface area (TPSA) is 81.9 Å². The number of carbonyl (C=O) groups is 1. The van der Waals surface area contributed by atoms with Crippen molar-refractivity contribution < 1.29 is 4.79 Å². The van der Waals surface area contributed by atoms with Gasteiger partial charge in [-0.25, -0.2) is 9.97 Å². The smallest absolute Gasteiger partial charge is 0.273 e. The van der Waals surface area contributed by atoms with E-state index in [1.807, 2.05) is 44.2 Å². The Labute approximate surface area is 164 Å². The standard InChI is InChI=1S/C22H21N5O/c1-16(2)27(14-18-6-4-3-5-7-18)22(28)20-12-21(25-15-24-20)26-19-10-8-17(13-23)9-11-19/h3-12,15-16H,14H2,1-2H3,(H,24,25,26). The lowest BCUT2D eigenvalue weighted by Crippen LogP contribution is -2.36. The maximum Gasteiger partial charge on any atom is 0.273 e. The van der Waals surface area contributed by atoms with Crippen LogP contribution in [0.4, 0.5) is 11.5 Å². The summed E-state index contributed by atoms with van der Waals surface area (Å²) in [4.78, 5) is 23.2. The molecule has 1 heterocycles. The van der Waals surface area contributed by atoms with E-state index >= 15 is 0 Å². The molecular formula is C22H21N5O. The zero-order valence-electron chi connectivity index (χ0n) is 15.8. The molecule has 0 spiro atoms. The minimum atomic E-state index is -0.149. The van der Waals surface area contributed by atoms with Gasteiger partial charge in [0.2, 0.25) is 0 Å². The van der Waals surface area contributed by atoms with Crippen LogP contribution in [-0.4, -0.2) is 26.8 Å². The molecule has 0 saturated carbocycles. The van der Waals surface area contributed by atoms with E-state index in [2.05, 4.69) is 21.4 Å². The van der Waals surface area contributed by atoms with Crippen LogP contribution >= 0.6 is 0 Å². The lowest BCUT2D eigenvalue weighted by molar-refractivity contribution is 0.0684. The van der Waals surface area contributed by atoms with E-state index in [-0.39, 0.29) is 11.9 Å². The number of nitriles is 1. The number of hydrogen-bond acceptors (Lipinski definition) is 5. The van der Waals surface area contributed by atoms with E-state index in [4.69, 9.17) is 5.26 Å². The van der Waals surface area contributed by atoms with E-state index in [1.54, 1.807) is 35.2 Å². The van der Waals surface area contributed by atoms with Gasteiger partial charge in [0.1, 0.15) is 17.8 Å². The average molecular weight is 371 g/mol. The molecule has 0 radical (unpaired) electrons. The number of aromatic nitrogens is 2. The van der Waals surface area contributed by atoms with E-state index < -0.39 is 0 Å². The highest BCUT2D eigenvalue weighted by molar-refractivity contribution is 5.93. The Morgan fingerprint density at radius 2 is 1.82 bits per heavy atom. The number of carbonyl (C=O) groups excluding carboxylic acids is 1. The second-order valence-corrected chi connectivity index (χ2v) is 6.62. The van der Waals surface area contributed by atoms with Crippen molar-refractivity contribution in [1.29, 1.82) is 5.26 Å². The van der Waals surface area contributed by atoms with Crippen molar-refractivity contribution in [3.63, 3.8) is 0 Å². The van der Waals surface area contributed by atoms with Crippen LogP contribution in [0, 0.1) is 11.3 Å². The predicted octanol–water partition coefficient (Wildman–Crippen LogP) is 4.14. The Balaban J connectivity index is 1.78. The molecule has 1 amide bonds. The van der Waals surface area contributed by atoms with Crippen LogP contribution < -0.4 is 5.32 Å². The molecule has 0 aliphatic rings. The molecule has 1 N–H and O–H groups in total. The third-order valence-corrected chi connectivity index (χ3v) is 4.25. The molecule has 0 unspecified atom stereocenters. The van der Waals surface area contributed by atoms with Crippen LogP contribution in [0.15, 0.2) is 67.0 Å². The van der Waals surface area contributed by atoms with Crippen LogP contribution in [0.2, 0.25) is 0 Å². The van der Waals surface area contributed by atoms with Gasteiger partial charge in [-0.05, 0) is 43.7 Å². The van der Waals surface area contributed by atoms with Crippen LogP contribution in [0.1, 0.15) is 35.5 Å². The number of nitrogens with one attached hydrogen (secondary N) is 1. The third kappa shape index (κ3) is 4.71. The first kappa shape index (κ1) is 19.1. The van der Waals surface area contributed by atoms with Gasteiger partial charge in [-0.3, -0.25) is 4.79 Å². The minimum absolute atomic E-state index is 0.0256. The van der Waals surface area contributed by atoms with Gasteiger partial charge in [0.05, 0.1) is 11.6 Å². The molecule has 2 aromatic carbocycles. The van der Waals surface area contributed by atoms with E-state index in [0.29, 0.717) is 23.6 Å². The fourth-order valence-corrected chi connectivity index (χ4v) is 2.73. The highest BCUT2D eigenvalue weighted by atomic mass is 16.2. The van der Waals surface area contributed by atoms with Gasteiger partial charge in [-0.2, -0.15) is 5.26 Å². The maximum atomic E-state index is 13.1. The van der Waals surface area contributed by atoms with Crippen molar-refractivity contribution in [2.45, 2.75) is 26.4 Å². The Morgan fingerprint density at radius 3 is 2.46 bits per heavy atom. The van der Waals surface area contributed by atoms with Crippen molar-refractivity contribution in [2.75, 3.05) is 5.32 Å². The van der Waals surface area contributed by atoms with Gasteiger partial charge >= 0.3 is 0 Å². The normalized spacial score (nSPS) is 10.4. The first-order valence-corrected chi connectivity index (χ1v) is 9.01. The summed E-state index contributed by atoms with van der Waals surface area (Å²) in [6, 6.07) is 20.6. The van der Waals surface area contributed by atoms with Gasteiger partial charge in [-0.1, -0.05) is 30.3 Å². The zero-order valence-corrected chi connectivity index (χ0v) is 15.8. The van der Waals surface area contributed by atoms with Crippen molar-refractivity contribution in [1.82, 2.24) is 14.9 Å². The van der Waals surface area contributed by atoms with Gasteiger partial charge in [-0.15, -0.1) is 0 Å². The molecule has 0 bridgehead atoms. The molecular weight excluding hydrogens is 350 g/mol. The summed E-state index contributed by atoms with van der Waals surface area (Å²) >= 11 is 0. The molecule has 0 fully saturated rings. The number of hydrogen-bond donors (Lipinski definition) is 1. The van der Waals surface area contributed by atoms with Crippen LogP contribution in [-0.2, 0) is 6.54 Å².